The van der Waals surface area contributed by atoms with Gasteiger partial charge in [0.15, 0.2) is 0 Å². The molecular weight excluding hydrogens is 236 g/mol. The van der Waals surface area contributed by atoms with Gasteiger partial charge in [0.2, 0.25) is 0 Å². The fourth-order valence-electron chi connectivity index (χ4n) is 1.35. The molecule has 1 aromatic rings. The van der Waals surface area contributed by atoms with E-state index in [0.29, 0.717) is 12.8 Å². The topological polar surface area (TPSA) is 72.8 Å². The van der Waals surface area contributed by atoms with Crippen molar-refractivity contribution < 1.29 is 24.2 Å². The number of hydrogen-bond acceptors (Lipinski definition) is 5. The van der Waals surface area contributed by atoms with Crippen LogP contribution in [-0.4, -0.2) is 24.2 Å². The molecular formula is C13H15O5. The lowest BCUT2D eigenvalue weighted by molar-refractivity contribution is -0.134. The lowest BCUT2D eigenvalue weighted by atomic mass is 10.2. The predicted octanol–water partition coefficient (Wildman–Crippen LogP) is 2.09. The summed E-state index contributed by atoms with van der Waals surface area (Å²) in [7, 11) is 1.18. The molecule has 1 rings (SSSR count). The molecule has 0 aromatic heterocycles. The highest BCUT2D eigenvalue weighted by atomic mass is 16.5. The highest BCUT2D eigenvalue weighted by molar-refractivity contribution is 5.96. The van der Waals surface area contributed by atoms with Gasteiger partial charge in [-0.3, -0.25) is 4.79 Å². The van der Waals surface area contributed by atoms with Crippen molar-refractivity contribution in [3.63, 3.8) is 0 Å². The van der Waals surface area contributed by atoms with Crippen LogP contribution in [0.5, 0.6) is 11.5 Å². The summed E-state index contributed by atoms with van der Waals surface area (Å²) >= 11 is 0. The Balaban J connectivity index is 2.91. The SMILES string of the molecule is [CH2]CCCC(=O)Oc1cccc(O)c1C(=O)OC. The van der Waals surface area contributed by atoms with E-state index in [9.17, 15) is 14.7 Å². The quantitative estimate of drug-likeness (QED) is 0.640. The number of aromatic hydroxyl groups is 1. The number of carbonyl (C=O) groups excluding carboxylic acids is 2. The summed E-state index contributed by atoms with van der Waals surface area (Å²) in [6, 6.07) is 4.22. The van der Waals surface area contributed by atoms with Gasteiger partial charge in [0.25, 0.3) is 0 Å². The van der Waals surface area contributed by atoms with E-state index in [1.807, 2.05) is 0 Å². The van der Waals surface area contributed by atoms with E-state index < -0.39 is 11.9 Å². The molecule has 0 amide bonds. The monoisotopic (exact) mass is 251 g/mol. The van der Waals surface area contributed by atoms with Crippen molar-refractivity contribution in [2.75, 3.05) is 7.11 Å². The molecule has 1 radical (unpaired) electrons. The van der Waals surface area contributed by atoms with E-state index in [1.54, 1.807) is 0 Å². The van der Waals surface area contributed by atoms with Gasteiger partial charge in [-0.2, -0.15) is 0 Å². The molecule has 0 spiro atoms. The molecule has 1 aromatic carbocycles. The summed E-state index contributed by atoms with van der Waals surface area (Å²) in [6.45, 7) is 3.62. The van der Waals surface area contributed by atoms with Gasteiger partial charge in [-0.05, 0) is 18.6 Å². The molecule has 1 N–H and O–H groups in total. The van der Waals surface area contributed by atoms with Gasteiger partial charge in [0, 0.05) is 6.42 Å². The molecule has 18 heavy (non-hydrogen) atoms. The van der Waals surface area contributed by atoms with Gasteiger partial charge < -0.3 is 14.6 Å². The van der Waals surface area contributed by atoms with Gasteiger partial charge in [-0.15, -0.1) is 0 Å². The maximum absolute atomic E-state index is 11.5. The maximum Gasteiger partial charge on any atom is 0.345 e. The summed E-state index contributed by atoms with van der Waals surface area (Å²) in [5, 5.41) is 9.58. The normalized spacial score (nSPS) is 9.89. The lowest BCUT2D eigenvalue weighted by Crippen LogP contribution is -2.11. The van der Waals surface area contributed by atoms with Crippen molar-refractivity contribution in [1.29, 1.82) is 0 Å². The van der Waals surface area contributed by atoms with Crippen molar-refractivity contribution in [3.05, 3.63) is 30.7 Å². The minimum atomic E-state index is -0.756. The van der Waals surface area contributed by atoms with E-state index in [0.717, 1.165) is 0 Å². The van der Waals surface area contributed by atoms with Crippen LogP contribution in [0, 0.1) is 6.92 Å². The molecule has 0 fully saturated rings. The molecule has 97 valence electrons. The molecule has 0 atom stereocenters. The smallest absolute Gasteiger partial charge is 0.345 e. The summed E-state index contributed by atoms with van der Waals surface area (Å²) in [6.07, 6.45) is 1.43. The zero-order valence-corrected chi connectivity index (χ0v) is 10.1. The van der Waals surface area contributed by atoms with Crippen LogP contribution in [0.3, 0.4) is 0 Å². The van der Waals surface area contributed by atoms with Crippen molar-refractivity contribution in [1.82, 2.24) is 0 Å². The Morgan fingerprint density at radius 3 is 2.72 bits per heavy atom. The van der Waals surface area contributed by atoms with Gasteiger partial charge in [-0.1, -0.05) is 19.4 Å². The van der Waals surface area contributed by atoms with E-state index >= 15 is 0 Å². The number of methoxy groups -OCH3 is 1. The van der Waals surface area contributed by atoms with Gasteiger partial charge in [0.05, 0.1) is 7.11 Å². The Kier molecular flexibility index (Phi) is 5.17. The largest absolute Gasteiger partial charge is 0.507 e. The Bertz CT molecular complexity index is 439. The molecule has 5 nitrogen and oxygen atoms in total. The summed E-state index contributed by atoms with van der Waals surface area (Å²) in [5.74, 6) is -1.53. The number of carbonyl (C=O) groups is 2. The predicted molar refractivity (Wildman–Crippen MR) is 64.3 cm³/mol. The minimum absolute atomic E-state index is 0.00378. The van der Waals surface area contributed by atoms with E-state index in [2.05, 4.69) is 11.7 Å². The second-order valence-electron chi connectivity index (χ2n) is 3.57. The van der Waals surface area contributed by atoms with E-state index in [1.165, 1.54) is 25.3 Å². The lowest BCUT2D eigenvalue weighted by Gasteiger charge is -2.09. The first-order chi connectivity index (χ1) is 8.60. The van der Waals surface area contributed by atoms with Gasteiger partial charge in [0.1, 0.15) is 17.1 Å². The zero-order chi connectivity index (χ0) is 13.5. The third-order valence-electron chi connectivity index (χ3n) is 2.25. The first kappa shape index (κ1) is 14.0. The molecule has 0 heterocycles. The van der Waals surface area contributed by atoms with Crippen LogP contribution in [0.25, 0.3) is 0 Å². The van der Waals surface area contributed by atoms with Gasteiger partial charge >= 0.3 is 11.9 Å². The average Bonchev–Trinajstić information content (AvgIpc) is 2.35. The van der Waals surface area contributed by atoms with Crippen molar-refractivity contribution in [3.8, 4) is 11.5 Å². The first-order valence-corrected chi connectivity index (χ1v) is 5.50. The fraction of sp³-hybridized carbons (Fsp3) is 0.308. The third-order valence-corrected chi connectivity index (χ3v) is 2.25. The van der Waals surface area contributed by atoms with Crippen molar-refractivity contribution in [2.45, 2.75) is 19.3 Å². The number of unbranched alkanes of at least 4 members (excludes halogenated alkanes) is 1. The third kappa shape index (κ3) is 3.48. The molecule has 0 saturated carbocycles. The second kappa shape index (κ2) is 6.64. The number of benzene rings is 1. The van der Waals surface area contributed by atoms with Crippen molar-refractivity contribution in [2.24, 2.45) is 0 Å². The number of esters is 2. The Labute approximate surface area is 105 Å². The number of hydrogen-bond donors (Lipinski definition) is 1. The maximum atomic E-state index is 11.5. The Morgan fingerprint density at radius 1 is 1.39 bits per heavy atom. The molecule has 0 aliphatic heterocycles. The molecule has 0 aliphatic carbocycles. The number of rotatable bonds is 5. The number of ether oxygens (including phenoxy) is 2. The summed E-state index contributed by atoms with van der Waals surface area (Å²) in [5.41, 5.74) is -0.150. The molecule has 5 heteroatoms. The molecule has 0 bridgehead atoms. The van der Waals surface area contributed by atoms with Crippen LogP contribution >= 0.6 is 0 Å². The molecule has 0 unspecified atom stereocenters. The van der Waals surface area contributed by atoms with E-state index in [-0.39, 0.29) is 23.5 Å². The Hall–Kier alpha value is -2.04. The summed E-state index contributed by atoms with van der Waals surface area (Å²) in [4.78, 5) is 22.9. The first-order valence-electron chi connectivity index (χ1n) is 5.50. The van der Waals surface area contributed by atoms with Crippen molar-refractivity contribution >= 4 is 11.9 Å². The Morgan fingerprint density at radius 2 is 2.11 bits per heavy atom. The minimum Gasteiger partial charge on any atom is -0.507 e. The van der Waals surface area contributed by atoms with Crippen LogP contribution in [0.4, 0.5) is 0 Å². The standard InChI is InChI=1S/C13H15O5/c1-3-4-8-11(15)18-10-7-5-6-9(14)12(10)13(16)17-2/h5-7,14H,1,3-4,8H2,2H3. The fourth-order valence-corrected chi connectivity index (χ4v) is 1.35. The van der Waals surface area contributed by atoms with Crippen LogP contribution < -0.4 is 4.74 Å². The second-order valence-corrected chi connectivity index (χ2v) is 3.57. The highest BCUT2D eigenvalue weighted by Crippen LogP contribution is 2.28. The van der Waals surface area contributed by atoms with E-state index in [4.69, 9.17) is 4.74 Å². The zero-order valence-electron chi connectivity index (χ0n) is 10.1. The van der Waals surface area contributed by atoms with Crippen LogP contribution in [-0.2, 0) is 9.53 Å². The average molecular weight is 251 g/mol. The van der Waals surface area contributed by atoms with Crippen LogP contribution in [0.1, 0.15) is 29.6 Å². The number of phenols is 1. The molecule has 0 saturated heterocycles. The van der Waals surface area contributed by atoms with Gasteiger partial charge in [-0.25, -0.2) is 4.79 Å². The van der Waals surface area contributed by atoms with Crippen LogP contribution in [0.15, 0.2) is 18.2 Å². The highest BCUT2D eigenvalue weighted by Gasteiger charge is 2.19. The summed E-state index contributed by atoms with van der Waals surface area (Å²) < 4.78 is 9.54. The molecule has 0 aliphatic rings. The van der Waals surface area contributed by atoms with Crippen LogP contribution in [0.2, 0.25) is 0 Å². The number of phenolic OH excluding ortho intramolecular Hbond substituents is 1.